The maximum atomic E-state index is 11.5. The van der Waals surface area contributed by atoms with E-state index in [1.165, 1.54) is 0 Å². The van der Waals surface area contributed by atoms with E-state index in [4.69, 9.17) is 14.0 Å². The Bertz CT molecular complexity index is 438. The maximum absolute atomic E-state index is 11.5. The smallest absolute Gasteiger partial charge is 0.444 e. The lowest BCUT2D eigenvalue weighted by atomic mass is 9.90. The molecule has 132 valence electrons. The Morgan fingerprint density at radius 1 is 1.22 bits per heavy atom. The van der Waals surface area contributed by atoms with Crippen molar-refractivity contribution in [2.45, 2.75) is 78.5 Å². The van der Waals surface area contributed by atoms with Crippen molar-refractivity contribution in [3.05, 3.63) is 12.2 Å². The molecule has 0 spiro atoms. The molecule has 0 N–H and O–H groups in total. The molecule has 0 bridgehead atoms. The van der Waals surface area contributed by atoms with Gasteiger partial charge in [-0.2, -0.15) is 0 Å². The summed E-state index contributed by atoms with van der Waals surface area (Å²) in [4.78, 5) is 13.2. The molecule has 2 aliphatic rings. The van der Waals surface area contributed by atoms with Crippen LogP contribution in [0.4, 0.5) is 4.79 Å². The molecule has 23 heavy (non-hydrogen) atoms. The zero-order valence-corrected chi connectivity index (χ0v) is 16.0. The summed E-state index contributed by atoms with van der Waals surface area (Å²) < 4.78 is 16.3. The van der Waals surface area contributed by atoms with E-state index in [-0.39, 0.29) is 24.4 Å². The lowest BCUT2D eigenvalue weighted by Crippen LogP contribution is -2.41. The molecule has 2 rings (SSSR count). The first kappa shape index (κ1) is 20.0. The quantitative estimate of drug-likeness (QED) is 0.501. The lowest BCUT2D eigenvalue weighted by molar-refractivity contribution is 0.00578. The summed E-state index contributed by atoms with van der Waals surface area (Å²) in [6, 6.07) is 0. The molecule has 0 atom stereocenters. The average molecular weight is 325 g/mol. The second kappa shape index (κ2) is 6.85. The molecular weight excluding hydrogens is 293 g/mol. The third-order valence-electron chi connectivity index (χ3n) is 4.17. The normalized spacial score (nSPS) is 22.7. The van der Waals surface area contributed by atoms with Gasteiger partial charge in [-0.05, 0) is 61.7 Å². The Balaban J connectivity index is 0.000000238. The number of hydrogen-bond donors (Lipinski definition) is 0. The van der Waals surface area contributed by atoms with E-state index < -0.39 is 5.60 Å². The van der Waals surface area contributed by atoms with Crippen LogP contribution in [0.2, 0.25) is 6.82 Å². The van der Waals surface area contributed by atoms with Gasteiger partial charge in [0.05, 0.1) is 11.2 Å². The molecule has 5 nitrogen and oxygen atoms in total. The Morgan fingerprint density at radius 3 is 1.96 bits per heavy atom. The van der Waals surface area contributed by atoms with Crippen molar-refractivity contribution in [3.8, 4) is 0 Å². The Hall–Kier alpha value is -1.01. The average Bonchev–Trinajstić information content (AvgIpc) is 2.79. The lowest BCUT2D eigenvalue weighted by Gasteiger charge is -2.32. The van der Waals surface area contributed by atoms with E-state index in [1.54, 1.807) is 4.90 Å². The van der Waals surface area contributed by atoms with Gasteiger partial charge in [-0.25, -0.2) is 4.79 Å². The minimum absolute atomic E-state index is 0.0648. The van der Waals surface area contributed by atoms with Crippen LogP contribution in [-0.4, -0.2) is 48.0 Å². The van der Waals surface area contributed by atoms with Crippen LogP contribution in [0, 0.1) is 0 Å². The summed E-state index contributed by atoms with van der Waals surface area (Å²) in [6.45, 7) is 21.0. The second-order valence-electron chi connectivity index (χ2n) is 8.23. The first-order chi connectivity index (χ1) is 10.2. The van der Waals surface area contributed by atoms with Gasteiger partial charge in [-0.15, -0.1) is 0 Å². The molecule has 0 aromatic rings. The minimum atomic E-state index is -0.402. The molecule has 0 saturated carbocycles. The standard InChI is InChI=1S/C10H17NO2.C7H15BO2/c1-8-5-6-11(7-8)9(12)13-10(2,3)4;1-6(2)7(3,4)10-8(5)9-6/h1,5-7H2,2-4H3;1-5H3. The van der Waals surface area contributed by atoms with E-state index in [2.05, 4.69) is 34.3 Å². The zero-order chi connectivity index (χ0) is 18.1. The van der Waals surface area contributed by atoms with Crippen LogP contribution in [0.5, 0.6) is 0 Å². The van der Waals surface area contributed by atoms with Gasteiger partial charge in [0.15, 0.2) is 0 Å². The van der Waals surface area contributed by atoms with Crippen LogP contribution in [0.3, 0.4) is 0 Å². The molecule has 2 aliphatic heterocycles. The van der Waals surface area contributed by atoms with Crippen LogP contribution in [0.25, 0.3) is 0 Å². The van der Waals surface area contributed by atoms with Gasteiger partial charge >= 0.3 is 13.2 Å². The van der Waals surface area contributed by atoms with Crippen molar-refractivity contribution >= 4 is 13.2 Å². The van der Waals surface area contributed by atoms with Crippen molar-refractivity contribution in [2.75, 3.05) is 13.1 Å². The molecule has 0 unspecified atom stereocenters. The van der Waals surface area contributed by atoms with E-state index in [0.29, 0.717) is 6.54 Å². The van der Waals surface area contributed by atoms with E-state index in [0.717, 1.165) is 18.5 Å². The van der Waals surface area contributed by atoms with Crippen LogP contribution in [-0.2, 0) is 14.0 Å². The van der Waals surface area contributed by atoms with Crippen LogP contribution < -0.4 is 0 Å². The molecular formula is C17H32BNO4. The number of likely N-dealkylation sites (tertiary alicyclic amines) is 1. The highest BCUT2D eigenvalue weighted by Gasteiger charge is 2.48. The summed E-state index contributed by atoms with van der Waals surface area (Å²) in [6.07, 6.45) is 0.672. The third kappa shape index (κ3) is 5.85. The SMILES string of the molecule is C=C1CCN(C(=O)OC(C)(C)C)C1.CB1OC(C)(C)C(C)(C)O1. The second-order valence-corrected chi connectivity index (χ2v) is 8.23. The number of nitrogens with zero attached hydrogens (tertiary/aromatic N) is 1. The van der Waals surface area contributed by atoms with E-state index in [9.17, 15) is 4.79 Å². The minimum Gasteiger partial charge on any atom is -0.444 e. The largest absolute Gasteiger partial charge is 0.454 e. The molecule has 0 aromatic carbocycles. The van der Waals surface area contributed by atoms with Gasteiger partial charge in [0.2, 0.25) is 0 Å². The fraction of sp³-hybridized carbons (Fsp3) is 0.824. The topological polar surface area (TPSA) is 48.0 Å². The van der Waals surface area contributed by atoms with Gasteiger partial charge in [-0.3, -0.25) is 0 Å². The van der Waals surface area contributed by atoms with Crippen LogP contribution in [0.1, 0.15) is 54.9 Å². The number of carbonyl (C=O) groups is 1. The highest BCUT2D eigenvalue weighted by molar-refractivity contribution is 6.43. The van der Waals surface area contributed by atoms with Gasteiger partial charge < -0.3 is 18.9 Å². The molecule has 1 amide bonds. The van der Waals surface area contributed by atoms with Gasteiger partial charge in [-0.1, -0.05) is 12.2 Å². The predicted molar refractivity (Wildman–Crippen MR) is 93.5 cm³/mol. The van der Waals surface area contributed by atoms with Crippen molar-refractivity contribution in [2.24, 2.45) is 0 Å². The molecule has 2 heterocycles. The zero-order valence-electron chi connectivity index (χ0n) is 16.0. The van der Waals surface area contributed by atoms with Crippen molar-refractivity contribution in [1.82, 2.24) is 4.90 Å². The molecule has 0 radical (unpaired) electrons. The predicted octanol–water partition coefficient (Wildman–Crippen LogP) is 3.89. The monoisotopic (exact) mass is 325 g/mol. The fourth-order valence-corrected chi connectivity index (χ4v) is 2.34. The first-order valence-corrected chi connectivity index (χ1v) is 8.24. The Morgan fingerprint density at radius 2 is 1.70 bits per heavy atom. The maximum Gasteiger partial charge on any atom is 0.454 e. The van der Waals surface area contributed by atoms with Crippen molar-refractivity contribution in [1.29, 1.82) is 0 Å². The highest BCUT2D eigenvalue weighted by atomic mass is 16.7. The van der Waals surface area contributed by atoms with E-state index in [1.807, 2.05) is 27.6 Å². The third-order valence-corrected chi connectivity index (χ3v) is 4.17. The van der Waals surface area contributed by atoms with Crippen LogP contribution in [0.15, 0.2) is 12.2 Å². The van der Waals surface area contributed by atoms with Gasteiger partial charge in [0.25, 0.3) is 0 Å². The number of hydrogen-bond acceptors (Lipinski definition) is 4. The van der Waals surface area contributed by atoms with Crippen molar-refractivity contribution < 1.29 is 18.8 Å². The summed E-state index contributed by atoms with van der Waals surface area (Å²) in [5.74, 6) is 0. The van der Waals surface area contributed by atoms with E-state index >= 15 is 0 Å². The Kier molecular flexibility index (Phi) is 5.97. The summed E-state index contributed by atoms with van der Waals surface area (Å²) in [7, 11) is -0.0648. The number of carbonyl (C=O) groups excluding carboxylic acids is 1. The Labute approximate surface area is 141 Å². The summed E-state index contributed by atoms with van der Waals surface area (Å²) >= 11 is 0. The molecule has 2 fully saturated rings. The fourth-order valence-electron chi connectivity index (χ4n) is 2.34. The number of rotatable bonds is 0. The molecule has 0 aromatic heterocycles. The molecule has 0 aliphatic carbocycles. The van der Waals surface area contributed by atoms with Gasteiger partial charge in [0, 0.05) is 13.1 Å². The summed E-state index contributed by atoms with van der Waals surface area (Å²) in [5, 5.41) is 0. The molecule has 2 saturated heterocycles. The van der Waals surface area contributed by atoms with Crippen LogP contribution >= 0.6 is 0 Å². The first-order valence-electron chi connectivity index (χ1n) is 8.24. The highest BCUT2D eigenvalue weighted by Crippen LogP contribution is 2.36. The van der Waals surface area contributed by atoms with Gasteiger partial charge in [0.1, 0.15) is 5.60 Å². The number of amides is 1. The number of ether oxygens (including phenoxy) is 1. The molecule has 6 heteroatoms. The van der Waals surface area contributed by atoms with Crippen molar-refractivity contribution in [3.63, 3.8) is 0 Å². The summed E-state index contributed by atoms with van der Waals surface area (Å²) in [5.41, 5.74) is 0.380.